The van der Waals surface area contributed by atoms with E-state index in [1.165, 1.54) is 5.56 Å². The van der Waals surface area contributed by atoms with Crippen LogP contribution >= 0.6 is 15.9 Å². The second-order valence-corrected chi connectivity index (χ2v) is 6.16. The molecule has 0 saturated carbocycles. The van der Waals surface area contributed by atoms with Gasteiger partial charge >= 0.3 is 0 Å². The molecule has 1 rings (SSSR count). The first-order valence-electron chi connectivity index (χ1n) is 5.75. The number of halogens is 1. The molecule has 0 amide bonds. The van der Waals surface area contributed by atoms with E-state index in [2.05, 4.69) is 33.0 Å². The van der Waals surface area contributed by atoms with Gasteiger partial charge in [0.2, 0.25) is 0 Å². The number of carbonyl (C=O) groups is 1. The maximum absolute atomic E-state index is 11.5. The Labute approximate surface area is 112 Å². The maximum atomic E-state index is 11.5. The van der Waals surface area contributed by atoms with Crippen molar-refractivity contribution in [2.45, 2.75) is 27.3 Å². The van der Waals surface area contributed by atoms with Gasteiger partial charge in [-0.05, 0) is 31.7 Å². The van der Waals surface area contributed by atoms with Crippen LogP contribution < -0.4 is 0 Å². The van der Waals surface area contributed by atoms with E-state index in [0.717, 1.165) is 17.6 Å². The Morgan fingerprint density at radius 2 is 2.06 bits per heavy atom. The molecule has 0 atom stereocenters. The fourth-order valence-electron chi connectivity index (χ4n) is 1.79. The summed E-state index contributed by atoms with van der Waals surface area (Å²) in [6, 6.07) is 8.26. The highest BCUT2D eigenvalue weighted by atomic mass is 79.9. The summed E-state index contributed by atoms with van der Waals surface area (Å²) in [5.74, 6) is 0.235. The van der Waals surface area contributed by atoms with Crippen LogP contribution in [0.1, 0.15) is 26.3 Å². The van der Waals surface area contributed by atoms with E-state index in [1.807, 2.05) is 33.0 Å². The summed E-state index contributed by atoms with van der Waals surface area (Å²) in [6.07, 6.45) is 0. The zero-order valence-electron chi connectivity index (χ0n) is 11.0. The molecule has 0 saturated heterocycles. The Morgan fingerprint density at radius 3 is 2.59 bits per heavy atom. The molecule has 1 aromatic carbocycles. The van der Waals surface area contributed by atoms with Gasteiger partial charge in [0, 0.05) is 23.0 Å². The van der Waals surface area contributed by atoms with Crippen LogP contribution in [-0.2, 0) is 11.3 Å². The number of hydrogen-bond acceptors (Lipinski definition) is 2. The van der Waals surface area contributed by atoms with Crippen molar-refractivity contribution >= 4 is 21.7 Å². The lowest BCUT2D eigenvalue weighted by atomic mass is 9.88. The van der Waals surface area contributed by atoms with E-state index >= 15 is 0 Å². The first-order chi connectivity index (χ1) is 7.81. The maximum Gasteiger partial charge on any atom is 0.136 e. The van der Waals surface area contributed by atoms with E-state index in [0.29, 0.717) is 0 Å². The van der Waals surface area contributed by atoms with Crippen LogP contribution in [0.25, 0.3) is 0 Å². The Balaban J connectivity index is 2.61. The lowest BCUT2D eigenvalue weighted by Gasteiger charge is -2.28. The van der Waals surface area contributed by atoms with Crippen molar-refractivity contribution in [3.63, 3.8) is 0 Å². The predicted octanol–water partition coefficient (Wildman–Crippen LogP) is 3.50. The van der Waals surface area contributed by atoms with Gasteiger partial charge < -0.3 is 4.90 Å². The number of carbonyl (C=O) groups excluding carboxylic acids is 1. The molecule has 0 heterocycles. The second-order valence-electron chi connectivity index (χ2n) is 5.24. The number of ketones is 1. The van der Waals surface area contributed by atoms with E-state index in [1.54, 1.807) is 6.92 Å². The Bertz CT molecular complexity index is 401. The Kier molecular flexibility index (Phi) is 4.90. The first-order valence-corrected chi connectivity index (χ1v) is 6.54. The second kappa shape index (κ2) is 5.78. The van der Waals surface area contributed by atoms with Gasteiger partial charge in [-0.3, -0.25) is 4.79 Å². The number of hydrogen-bond donors (Lipinski definition) is 0. The van der Waals surface area contributed by atoms with Crippen molar-refractivity contribution in [2.24, 2.45) is 5.41 Å². The third kappa shape index (κ3) is 4.60. The summed E-state index contributed by atoms with van der Waals surface area (Å²) in [7, 11) is 2.05. The van der Waals surface area contributed by atoms with Crippen LogP contribution in [0.4, 0.5) is 0 Å². The van der Waals surface area contributed by atoms with Crippen LogP contribution in [-0.4, -0.2) is 24.3 Å². The molecule has 0 fully saturated rings. The van der Waals surface area contributed by atoms with Crippen LogP contribution in [0.15, 0.2) is 28.7 Å². The molecule has 3 heteroatoms. The van der Waals surface area contributed by atoms with Crippen LogP contribution in [0.5, 0.6) is 0 Å². The van der Waals surface area contributed by atoms with Crippen molar-refractivity contribution in [1.29, 1.82) is 0 Å². The van der Waals surface area contributed by atoms with Crippen LogP contribution in [0.3, 0.4) is 0 Å². The zero-order chi connectivity index (χ0) is 13.1. The molecule has 0 bridgehead atoms. The van der Waals surface area contributed by atoms with Gasteiger partial charge in [0.1, 0.15) is 5.78 Å². The summed E-state index contributed by atoms with van der Waals surface area (Å²) in [5, 5.41) is 0. The quantitative estimate of drug-likeness (QED) is 0.829. The van der Waals surface area contributed by atoms with Crippen LogP contribution in [0, 0.1) is 5.41 Å². The molecule has 0 aliphatic carbocycles. The van der Waals surface area contributed by atoms with E-state index in [-0.39, 0.29) is 11.2 Å². The average Bonchev–Trinajstić information content (AvgIpc) is 2.15. The molecule has 0 aliphatic heterocycles. The molecule has 0 aromatic heterocycles. The van der Waals surface area contributed by atoms with Crippen LogP contribution in [0.2, 0.25) is 0 Å². The fraction of sp³-hybridized carbons (Fsp3) is 0.500. The molecule has 0 radical (unpaired) electrons. The minimum absolute atomic E-state index is 0.235. The molecule has 94 valence electrons. The molecule has 0 unspecified atom stereocenters. The summed E-state index contributed by atoms with van der Waals surface area (Å²) in [4.78, 5) is 13.7. The predicted molar refractivity (Wildman–Crippen MR) is 74.9 cm³/mol. The fourth-order valence-corrected chi connectivity index (χ4v) is 2.24. The highest BCUT2D eigenvalue weighted by Gasteiger charge is 2.25. The highest BCUT2D eigenvalue weighted by molar-refractivity contribution is 9.10. The van der Waals surface area contributed by atoms with Gasteiger partial charge in [-0.2, -0.15) is 0 Å². The summed E-state index contributed by atoms with van der Waals surface area (Å²) in [6.45, 7) is 7.28. The van der Waals surface area contributed by atoms with Gasteiger partial charge in [-0.15, -0.1) is 0 Å². The van der Waals surface area contributed by atoms with Crippen molar-refractivity contribution in [1.82, 2.24) is 4.90 Å². The smallest absolute Gasteiger partial charge is 0.136 e. The summed E-state index contributed by atoms with van der Waals surface area (Å²) < 4.78 is 1.09. The molecule has 0 N–H and O–H groups in total. The van der Waals surface area contributed by atoms with E-state index in [4.69, 9.17) is 0 Å². The summed E-state index contributed by atoms with van der Waals surface area (Å²) >= 11 is 3.46. The van der Waals surface area contributed by atoms with Gasteiger partial charge in [0.05, 0.1) is 0 Å². The number of nitrogens with zero attached hydrogens (tertiary/aromatic N) is 1. The molecule has 2 nitrogen and oxygen atoms in total. The SMILES string of the molecule is CC(=O)C(C)(C)CN(C)Cc1cccc(Br)c1. The standard InChI is InChI=1S/C14H20BrNO/c1-11(17)14(2,3)10-16(4)9-12-6-5-7-13(15)8-12/h5-8H,9-10H2,1-4H3. The molecule has 17 heavy (non-hydrogen) atoms. The molecule has 0 aliphatic rings. The highest BCUT2D eigenvalue weighted by Crippen LogP contribution is 2.19. The van der Waals surface area contributed by atoms with Crippen molar-refractivity contribution in [3.8, 4) is 0 Å². The zero-order valence-corrected chi connectivity index (χ0v) is 12.5. The molecule has 0 spiro atoms. The lowest BCUT2D eigenvalue weighted by Crippen LogP contribution is -2.35. The largest absolute Gasteiger partial charge is 0.301 e. The minimum Gasteiger partial charge on any atom is -0.301 e. The topological polar surface area (TPSA) is 20.3 Å². The molecular weight excluding hydrogens is 278 g/mol. The number of benzene rings is 1. The molecule has 1 aromatic rings. The van der Waals surface area contributed by atoms with Crippen molar-refractivity contribution < 1.29 is 4.79 Å². The summed E-state index contributed by atoms with van der Waals surface area (Å²) in [5.41, 5.74) is 0.974. The average molecular weight is 298 g/mol. The van der Waals surface area contributed by atoms with Crippen molar-refractivity contribution in [3.05, 3.63) is 34.3 Å². The third-order valence-electron chi connectivity index (χ3n) is 2.96. The van der Waals surface area contributed by atoms with Gasteiger partial charge in [0.15, 0.2) is 0 Å². The van der Waals surface area contributed by atoms with Gasteiger partial charge in [-0.25, -0.2) is 0 Å². The lowest BCUT2D eigenvalue weighted by molar-refractivity contribution is -0.125. The Morgan fingerprint density at radius 1 is 1.41 bits per heavy atom. The first kappa shape index (κ1) is 14.4. The Hall–Kier alpha value is -0.670. The minimum atomic E-state index is -0.277. The molecular formula is C14H20BrNO. The monoisotopic (exact) mass is 297 g/mol. The van der Waals surface area contributed by atoms with Gasteiger partial charge in [0.25, 0.3) is 0 Å². The number of Topliss-reactive ketones (excluding diaryl/α,β-unsaturated/α-hetero) is 1. The van der Waals surface area contributed by atoms with E-state index in [9.17, 15) is 4.79 Å². The normalized spacial score (nSPS) is 11.9. The van der Waals surface area contributed by atoms with Gasteiger partial charge in [-0.1, -0.05) is 41.9 Å². The van der Waals surface area contributed by atoms with Crippen molar-refractivity contribution in [2.75, 3.05) is 13.6 Å². The number of rotatable bonds is 5. The third-order valence-corrected chi connectivity index (χ3v) is 3.45. The van der Waals surface area contributed by atoms with E-state index < -0.39 is 0 Å².